The zero-order valence-electron chi connectivity index (χ0n) is 15.1. The number of nitrogens with zero attached hydrogens (tertiary/aromatic N) is 3. The van der Waals surface area contributed by atoms with Crippen molar-refractivity contribution >= 4 is 60.9 Å². The van der Waals surface area contributed by atoms with Gasteiger partial charge in [-0.15, -0.1) is 5.10 Å². The molecule has 0 spiro atoms. The third-order valence-electron chi connectivity index (χ3n) is 4.95. The predicted octanol–water partition coefficient (Wildman–Crippen LogP) is 6.13. The summed E-state index contributed by atoms with van der Waals surface area (Å²) < 4.78 is 3.26. The van der Waals surface area contributed by atoms with E-state index in [2.05, 4.69) is 39.0 Å². The number of thiazole rings is 1. The summed E-state index contributed by atoms with van der Waals surface area (Å²) >= 11 is 8.30. The highest BCUT2D eigenvalue weighted by Gasteiger charge is 2.10. The van der Waals surface area contributed by atoms with Crippen LogP contribution >= 0.6 is 22.9 Å². The Labute approximate surface area is 170 Å². The lowest BCUT2D eigenvalue weighted by atomic mass is 9.97. The maximum Gasteiger partial charge on any atom is 0.211 e. The first-order valence-electron chi connectivity index (χ1n) is 8.94. The van der Waals surface area contributed by atoms with Gasteiger partial charge in [-0.2, -0.15) is 5.10 Å². The quantitative estimate of drug-likeness (QED) is 0.193. The van der Waals surface area contributed by atoms with E-state index in [0.717, 1.165) is 42.4 Å². The lowest BCUT2D eigenvalue weighted by Gasteiger charge is -2.10. The van der Waals surface area contributed by atoms with E-state index in [1.807, 2.05) is 61.8 Å². The molecule has 3 nitrogen and oxygen atoms in total. The summed E-state index contributed by atoms with van der Waals surface area (Å²) in [6.07, 6.45) is 1.84. The van der Waals surface area contributed by atoms with Crippen LogP contribution in [0.2, 0.25) is 5.02 Å². The van der Waals surface area contributed by atoms with Crippen molar-refractivity contribution in [1.29, 1.82) is 0 Å². The van der Waals surface area contributed by atoms with Crippen molar-refractivity contribution in [2.45, 2.75) is 0 Å². The molecule has 0 unspecified atom stereocenters. The molecule has 28 heavy (non-hydrogen) atoms. The van der Waals surface area contributed by atoms with Gasteiger partial charge in [0.25, 0.3) is 0 Å². The molecule has 0 saturated heterocycles. The summed E-state index contributed by atoms with van der Waals surface area (Å²) in [6.45, 7) is 0. The first-order chi connectivity index (χ1) is 13.7. The molecule has 0 fully saturated rings. The van der Waals surface area contributed by atoms with Crippen molar-refractivity contribution in [3.63, 3.8) is 0 Å². The highest BCUT2D eigenvalue weighted by atomic mass is 35.5. The number of aromatic nitrogens is 1. The smallest absolute Gasteiger partial charge is 0.211 e. The van der Waals surface area contributed by atoms with Crippen molar-refractivity contribution in [1.82, 2.24) is 4.57 Å². The van der Waals surface area contributed by atoms with E-state index in [4.69, 9.17) is 11.6 Å². The molecule has 0 aliphatic heterocycles. The molecule has 0 atom stereocenters. The van der Waals surface area contributed by atoms with Crippen LogP contribution in [-0.4, -0.2) is 10.8 Å². The number of aryl methyl sites for hydroxylation is 1. The minimum Gasteiger partial charge on any atom is -0.318 e. The van der Waals surface area contributed by atoms with Gasteiger partial charge in [-0.1, -0.05) is 83.6 Å². The van der Waals surface area contributed by atoms with Gasteiger partial charge in [0.15, 0.2) is 0 Å². The zero-order chi connectivity index (χ0) is 19.1. The molecule has 5 aromatic rings. The van der Waals surface area contributed by atoms with Gasteiger partial charge >= 0.3 is 0 Å². The maximum absolute atomic E-state index is 6.67. The molecule has 136 valence electrons. The van der Waals surface area contributed by atoms with Crippen LogP contribution in [0.4, 0.5) is 0 Å². The van der Waals surface area contributed by atoms with Crippen molar-refractivity contribution in [2.24, 2.45) is 17.3 Å². The molecule has 4 aromatic carbocycles. The minimum atomic E-state index is 0.774. The Morgan fingerprint density at radius 2 is 1.39 bits per heavy atom. The average molecular weight is 402 g/mol. The van der Waals surface area contributed by atoms with E-state index in [9.17, 15) is 0 Å². The third kappa shape index (κ3) is 2.73. The molecule has 1 aromatic heterocycles. The fraction of sp³-hybridized carbons (Fsp3) is 0.0435. The third-order valence-corrected chi connectivity index (χ3v) is 6.46. The van der Waals surface area contributed by atoms with E-state index < -0.39 is 0 Å². The maximum atomic E-state index is 6.67. The van der Waals surface area contributed by atoms with Gasteiger partial charge < -0.3 is 4.57 Å². The van der Waals surface area contributed by atoms with Crippen molar-refractivity contribution in [3.8, 4) is 0 Å². The Morgan fingerprint density at radius 3 is 2.04 bits per heavy atom. The first kappa shape index (κ1) is 17.2. The fourth-order valence-corrected chi connectivity index (χ4v) is 4.87. The Hall–Kier alpha value is -2.95. The molecule has 0 N–H and O–H groups in total. The van der Waals surface area contributed by atoms with Crippen LogP contribution in [0.3, 0.4) is 0 Å². The highest BCUT2D eigenvalue weighted by Crippen LogP contribution is 2.35. The van der Waals surface area contributed by atoms with Crippen LogP contribution in [0.1, 0.15) is 5.56 Å². The lowest BCUT2D eigenvalue weighted by Crippen LogP contribution is -2.08. The SMILES string of the molecule is Cn1/c(=N/N=C/c2c3ccccc3c(Cl)c3ccccc23)sc2ccccc21. The molecular formula is C23H16ClN3S. The van der Waals surface area contributed by atoms with Gasteiger partial charge in [0.2, 0.25) is 4.80 Å². The van der Waals surface area contributed by atoms with Crippen molar-refractivity contribution in [2.75, 3.05) is 0 Å². The van der Waals surface area contributed by atoms with Crippen LogP contribution in [0.25, 0.3) is 31.8 Å². The summed E-state index contributed by atoms with van der Waals surface area (Å²) in [5.41, 5.74) is 2.19. The predicted molar refractivity (Wildman–Crippen MR) is 120 cm³/mol. The van der Waals surface area contributed by atoms with Crippen LogP contribution in [-0.2, 0) is 7.05 Å². The molecule has 0 aliphatic carbocycles. The molecule has 5 rings (SSSR count). The van der Waals surface area contributed by atoms with Crippen molar-refractivity contribution < 1.29 is 0 Å². The number of rotatable bonds is 2. The molecule has 0 bridgehead atoms. The van der Waals surface area contributed by atoms with Gasteiger partial charge in [-0.05, 0) is 22.9 Å². The van der Waals surface area contributed by atoms with Gasteiger partial charge in [-0.3, -0.25) is 0 Å². The fourth-order valence-electron chi connectivity index (χ4n) is 3.56. The van der Waals surface area contributed by atoms with Crippen LogP contribution in [0.5, 0.6) is 0 Å². The Morgan fingerprint density at radius 1 is 0.821 bits per heavy atom. The van der Waals surface area contributed by atoms with Gasteiger partial charge in [-0.25, -0.2) is 0 Å². The number of hydrogen-bond acceptors (Lipinski definition) is 3. The second kappa shape index (κ2) is 6.89. The molecule has 1 heterocycles. The molecule has 0 aliphatic rings. The molecule has 5 heteroatoms. The Balaban J connectivity index is 1.72. The normalized spacial score (nSPS) is 12.7. The Kier molecular flexibility index (Phi) is 4.23. The van der Waals surface area contributed by atoms with Crippen LogP contribution in [0, 0.1) is 0 Å². The van der Waals surface area contributed by atoms with Crippen LogP contribution < -0.4 is 4.80 Å². The second-order valence-electron chi connectivity index (χ2n) is 6.57. The molecule has 0 saturated carbocycles. The highest BCUT2D eigenvalue weighted by molar-refractivity contribution is 7.16. The van der Waals surface area contributed by atoms with E-state index in [-0.39, 0.29) is 0 Å². The molecule has 0 radical (unpaired) electrons. The molecular weight excluding hydrogens is 386 g/mol. The summed E-state index contributed by atoms with van der Waals surface area (Å²) in [5, 5.41) is 13.9. The number of benzene rings is 4. The van der Waals surface area contributed by atoms with E-state index >= 15 is 0 Å². The van der Waals surface area contributed by atoms with E-state index in [1.165, 1.54) is 4.70 Å². The summed E-state index contributed by atoms with van der Waals surface area (Å²) in [6, 6.07) is 24.6. The summed E-state index contributed by atoms with van der Waals surface area (Å²) in [5.74, 6) is 0. The van der Waals surface area contributed by atoms with Crippen LogP contribution in [0.15, 0.2) is 83.0 Å². The minimum absolute atomic E-state index is 0.774. The first-order valence-corrected chi connectivity index (χ1v) is 10.1. The standard InChI is InChI=1S/C23H16ClN3S/c1-27-20-12-6-7-13-21(20)28-23(27)26-25-14-19-15-8-2-4-10-17(15)22(24)18-11-5-3-9-16(18)19/h2-14H,1H3/b25-14+,26-23-. The summed E-state index contributed by atoms with van der Waals surface area (Å²) in [7, 11) is 2.01. The topological polar surface area (TPSA) is 29.6 Å². The number of fused-ring (bicyclic) bond motifs is 3. The monoisotopic (exact) mass is 401 g/mol. The average Bonchev–Trinajstić information content (AvgIpc) is 3.06. The van der Waals surface area contributed by atoms with E-state index in [1.54, 1.807) is 11.3 Å². The number of halogens is 1. The van der Waals surface area contributed by atoms with Gasteiger partial charge in [0, 0.05) is 23.4 Å². The Bertz CT molecular complexity index is 1390. The zero-order valence-corrected chi connectivity index (χ0v) is 16.7. The van der Waals surface area contributed by atoms with Crippen molar-refractivity contribution in [3.05, 3.63) is 88.2 Å². The number of hydrogen-bond donors (Lipinski definition) is 0. The largest absolute Gasteiger partial charge is 0.318 e. The number of para-hydroxylation sites is 1. The van der Waals surface area contributed by atoms with Gasteiger partial charge in [0.1, 0.15) is 0 Å². The summed E-state index contributed by atoms with van der Waals surface area (Å²) in [4.78, 5) is 0.861. The van der Waals surface area contributed by atoms with Gasteiger partial charge in [0.05, 0.1) is 21.5 Å². The second-order valence-corrected chi connectivity index (χ2v) is 7.96. The van der Waals surface area contributed by atoms with E-state index in [0.29, 0.717) is 0 Å². The lowest BCUT2D eigenvalue weighted by molar-refractivity contribution is 0.889. The molecule has 0 amide bonds.